The first kappa shape index (κ1) is 11.0. The summed E-state index contributed by atoms with van der Waals surface area (Å²) in [5.41, 5.74) is 8.61. The molecule has 0 aliphatic carbocycles. The Morgan fingerprint density at radius 3 is 2.62 bits per heavy atom. The molecule has 0 saturated heterocycles. The fourth-order valence-electron chi connectivity index (χ4n) is 1.85. The molecule has 2 aromatic rings. The summed E-state index contributed by atoms with van der Waals surface area (Å²) in [5, 5.41) is 0. The highest BCUT2D eigenvalue weighted by atomic mass is 16.3. The van der Waals surface area contributed by atoms with Gasteiger partial charge in [0, 0.05) is 0 Å². The number of rotatable bonds is 3. The molecule has 0 bridgehead atoms. The van der Waals surface area contributed by atoms with Crippen LogP contribution in [-0.4, -0.2) is 0 Å². The molecule has 2 heteroatoms. The Morgan fingerprint density at radius 2 is 2.00 bits per heavy atom. The molecule has 0 radical (unpaired) electrons. The maximum absolute atomic E-state index is 6.10. The third kappa shape index (κ3) is 2.52. The smallest absolute Gasteiger partial charge is 0.121 e. The van der Waals surface area contributed by atoms with E-state index in [0.717, 1.165) is 17.9 Å². The maximum atomic E-state index is 6.10. The summed E-state index contributed by atoms with van der Waals surface area (Å²) in [6.45, 7) is 4.02. The lowest BCUT2D eigenvalue weighted by Crippen LogP contribution is -2.12. The lowest BCUT2D eigenvalue weighted by atomic mass is 10.0. The van der Waals surface area contributed by atoms with Crippen LogP contribution in [0.15, 0.2) is 40.8 Å². The van der Waals surface area contributed by atoms with Crippen LogP contribution in [0.1, 0.15) is 28.7 Å². The standard InChI is InChI=1S/C14H17NO/c1-10-4-3-5-12(8-10)9-13(15)14-7-6-11(2)16-14/h3-8,13H,9,15H2,1-2H3. The normalized spacial score (nSPS) is 12.7. The molecule has 1 heterocycles. The topological polar surface area (TPSA) is 39.2 Å². The van der Waals surface area contributed by atoms with E-state index in [4.69, 9.17) is 10.2 Å². The monoisotopic (exact) mass is 215 g/mol. The van der Waals surface area contributed by atoms with Gasteiger partial charge in [0.2, 0.25) is 0 Å². The van der Waals surface area contributed by atoms with E-state index in [1.54, 1.807) is 0 Å². The Labute approximate surface area is 96.1 Å². The molecule has 1 aromatic carbocycles. The third-order valence-electron chi connectivity index (χ3n) is 2.66. The molecule has 1 unspecified atom stereocenters. The molecule has 16 heavy (non-hydrogen) atoms. The van der Waals surface area contributed by atoms with Gasteiger partial charge >= 0.3 is 0 Å². The van der Waals surface area contributed by atoms with Crippen molar-refractivity contribution in [2.45, 2.75) is 26.3 Å². The van der Waals surface area contributed by atoms with Gasteiger partial charge in [-0.05, 0) is 38.0 Å². The average Bonchev–Trinajstić information content (AvgIpc) is 2.65. The van der Waals surface area contributed by atoms with Gasteiger partial charge in [-0.3, -0.25) is 0 Å². The fraction of sp³-hybridized carbons (Fsp3) is 0.286. The number of benzene rings is 1. The summed E-state index contributed by atoms with van der Waals surface area (Å²) in [4.78, 5) is 0. The molecular formula is C14H17NO. The zero-order chi connectivity index (χ0) is 11.5. The number of hydrogen-bond acceptors (Lipinski definition) is 2. The van der Waals surface area contributed by atoms with E-state index in [1.807, 2.05) is 19.1 Å². The Morgan fingerprint density at radius 1 is 1.19 bits per heavy atom. The largest absolute Gasteiger partial charge is 0.465 e. The third-order valence-corrected chi connectivity index (χ3v) is 2.66. The van der Waals surface area contributed by atoms with Crippen LogP contribution in [0.5, 0.6) is 0 Å². The van der Waals surface area contributed by atoms with E-state index in [-0.39, 0.29) is 6.04 Å². The molecule has 0 saturated carbocycles. The van der Waals surface area contributed by atoms with Gasteiger partial charge in [-0.1, -0.05) is 29.8 Å². The first-order valence-corrected chi connectivity index (χ1v) is 5.52. The second kappa shape index (κ2) is 4.54. The Hall–Kier alpha value is -1.54. The molecule has 2 nitrogen and oxygen atoms in total. The number of nitrogens with two attached hydrogens (primary N) is 1. The van der Waals surface area contributed by atoms with Crippen molar-refractivity contribution in [3.05, 3.63) is 59.0 Å². The molecule has 0 amide bonds. The van der Waals surface area contributed by atoms with Crippen LogP contribution in [0, 0.1) is 13.8 Å². The van der Waals surface area contributed by atoms with Crippen molar-refractivity contribution in [1.29, 1.82) is 0 Å². The average molecular weight is 215 g/mol. The van der Waals surface area contributed by atoms with Gasteiger partial charge < -0.3 is 10.2 Å². The highest BCUT2D eigenvalue weighted by Gasteiger charge is 2.10. The zero-order valence-corrected chi connectivity index (χ0v) is 9.73. The van der Waals surface area contributed by atoms with E-state index in [2.05, 4.69) is 31.2 Å². The van der Waals surface area contributed by atoms with Crippen molar-refractivity contribution in [1.82, 2.24) is 0 Å². The van der Waals surface area contributed by atoms with Gasteiger partial charge in [0.1, 0.15) is 11.5 Å². The van der Waals surface area contributed by atoms with Crippen LogP contribution in [-0.2, 0) is 6.42 Å². The number of aryl methyl sites for hydroxylation is 2. The van der Waals surface area contributed by atoms with Crippen LogP contribution in [0.25, 0.3) is 0 Å². The minimum Gasteiger partial charge on any atom is -0.465 e. The highest BCUT2D eigenvalue weighted by molar-refractivity contribution is 5.24. The Kier molecular flexibility index (Phi) is 3.11. The molecule has 0 aliphatic heterocycles. The highest BCUT2D eigenvalue weighted by Crippen LogP contribution is 2.18. The summed E-state index contributed by atoms with van der Waals surface area (Å²) in [6, 6.07) is 12.3. The minimum absolute atomic E-state index is 0.0597. The summed E-state index contributed by atoms with van der Waals surface area (Å²) in [6.07, 6.45) is 0.814. The van der Waals surface area contributed by atoms with E-state index in [1.165, 1.54) is 11.1 Å². The van der Waals surface area contributed by atoms with Gasteiger partial charge in [-0.25, -0.2) is 0 Å². The van der Waals surface area contributed by atoms with Crippen molar-refractivity contribution in [2.24, 2.45) is 5.73 Å². The van der Waals surface area contributed by atoms with Crippen molar-refractivity contribution in [2.75, 3.05) is 0 Å². The number of furan rings is 1. The first-order chi connectivity index (χ1) is 7.65. The van der Waals surface area contributed by atoms with Crippen LogP contribution >= 0.6 is 0 Å². The van der Waals surface area contributed by atoms with E-state index < -0.39 is 0 Å². The second-order valence-corrected chi connectivity index (χ2v) is 4.25. The van der Waals surface area contributed by atoms with Gasteiger partial charge in [0.25, 0.3) is 0 Å². The van der Waals surface area contributed by atoms with Gasteiger partial charge in [0.15, 0.2) is 0 Å². The predicted octanol–water partition coefficient (Wildman–Crippen LogP) is 3.14. The fourth-order valence-corrected chi connectivity index (χ4v) is 1.85. The molecule has 0 spiro atoms. The molecular weight excluding hydrogens is 198 g/mol. The van der Waals surface area contributed by atoms with Gasteiger partial charge in [-0.2, -0.15) is 0 Å². The maximum Gasteiger partial charge on any atom is 0.121 e. The van der Waals surface area contributed by atoms with Gasteiger partial charge in [-0.15, -0.1) is 0 Å². The second-order valence-electron chi connectivity index (χ2n) is 4.25. The molecule has 2 N–H and O–H groups in total. The van der Waals surface area contributed by atoms with Crippen molar-refractivity contribution in [3.8, 4) is 0 Å². The molecule has 0 aliphatic rings. The number of hydrogen-bond donors (Lipinski definition) is 1. The molecule has 84 valence electrons. The molecule has 1 atom stereocenters. The summed E-state index contributed by atoms with van der Waals surface area (Å²) < 4.78 is 5.52. The van der Waals surface area contributed by atoms with E-state index >= 15 is 0 Å². The van der Waals surface area contributed by atoms with Crippen molar-refractivity contribution < 1.29 is 4.42 Å². The van der Waals surface area contributed by atoms with Crippen molar-refractivity contribution in [3.63, 3.8) is 0 Å². The minimum atomic E-state index is -0.0597. The summed E-state index contributed by atoms with van der Waals surface area (Å²) in [7, 11) is 0. The van der Waals surface area contributed by atoms with E-state index in [0.29, 0.717) is 0 Å². The Bertz CT molecular complexity index is 473. The predicted molar refractivity (Wildman–Crippen MR) is 65.3 cm³/mol. The quantitative estimate of drug-likeness (QED) is 0.854. The summed E-state index contributed by atoms with van der Waals surface area (Å²) >= 11 is 0. The zero-order valence-electron chi connectivity index (χ0n) is 9.73. The molecule has 0 fully saturated rings. The van der Waals surface area contributed by atoms with E-state index in [9.17, 15) is 0 Å². The lowest BCUT2D eigenvalue weighted by Gasteiger charge is -2.09. The summed E-state index contributed by atoms with van der Waals surface area (Å²) in [5.74, 6) is 1.77. The lowest BCUT2D eigenvalue weighted by molar-refractivity contribution is 0.445. The SMILES string of the molecule is Cc1cccc(CC(N)c2ccc(C)o2)c1. The van der Waals surface area contributed by atoms with Crippen LogP contribution in [0.3, 0.4) is 0 Å². The first-order valence-electron chi connectivity index (χ1n) is 5.52. The van der Waals surface area contributed by atoms with Gasteiger partial charge in [0.05, 0.1) is 6.04 Å². The van der Waals surface area contributed by atoms with Crippen LogP contribution < -0.4 is 5.73 Å². The molecule has 1 aromatic heterocycles. The molecule has 2 rings (SSSR count). The van der Waals surface area contributed by atoms with Crippen molar-refractivity contribution >= 4 is 0 Å². The van der Waals surface area contributed by atoms with Crippen LogP contribution in [0.2, 0.25) is 0 Å². The van der Waals surface area contributed by atoms with Crippen LogP contribution in [0.4, 0.5) is 0 Å². The Balaban J connectivity index is 2.10.